The summed E-state index contributed by atoms with van der Waals surface area (Å²) in [5.41, 5.74) is 2.72. The first-order chi connectivity index (χ1) is 16.8. The number of imide groups is 1. The largest absolute Gasteiger partial charge is 0.488 e. The van der Waals surface area contributed by atoms with E-state index in [0.717, 1.165) is 14.0 Å². The third-order valence-corrected chi connectivity index (χ3v) is 6.02. The highest BCUT2D eigenvalue weighted by Crippen LogP contribution is 2.25. The van der Waals surface area contributed by atoms with E-state index in [9.17, 15) is 18.8 Å². The van der Waals surface area contributed by atoms with Crippen molar-refractivity contribution in [3.63, 3.8) is 0 Å². The number of carbonyl (C=O) groups is 3. The maximum atomic E-state index is 13.8. The van der Waals surface area contributed by atoms with Gasteiger partial charge in [0.05, 0.1) is 3.57 Å². The number of hydrogen-bond acceptors (Lipinski definition) is 4. The molecular weight excluding hydrogens is 564 g/mol. The molecule has 7 nitrogen and oxygen atoms in total. The first-order valence-corrected chi connectivity index (χ1v) is 11.7. The summed E-state index contributed by atoms with van der Waals surface area (Å²) >= 11 is 2.08. The van der Waals surface area contributed by atoms with E-state index in [1.807, 2.05) is 13.0 Å². The van der Waals surface area contributed by atoms with Crippen LogP contribution in [0.15, 0.2) is 72.4 Å². The van der Waals surface area contributed by atoms with Crippen molar-refractivity contribution in [3.8, 4) is 5.75 Å². The van der Waals surface area contributed by atoms with Crippen molar-refractivity contribution in [2.45, 2.75) is 13.5 Å². The molecule has 1 saturated heterocycles. The van der Waals surface area contributed by atoms with E-state index in [-0.39, 0.29) is 18.1 Å². The van der Waals surface area contributed by atoms with Gasteiger partial charge in [-0.15, -0.1) is 0 Å². The molecule has 1 heterocycles. The fraction of sp³-hybridized carbons (Fsp3) is 0.115. The van der Waals surface area contributed by atoms with Crippen LogP contribution < -0.4 is 15.4 Å². The molecule has 0 atom stereocenters. The number of aryl methyl sites for hydroxylation is 1. The van der Waals surface area contributed by atoms with Gasteiger partial charge in [-0.2, -0.15) is 0 Å². The Hall–Kier alpha value is -3.73. The lowest BCUT2D eigenvalue weighted by molar-refractivity contribution is -0.127. The molecule has 0 unspecified atom stereocenters. The molecule has 4 rings (SSSR count). The average molecular weight is 585 g/mol. The number of carbonyl (C=O) groups excluding carboxylic acids is 3. The summed E-state index contributed by atoms with van der Waals surface area (Å²) in [6.45, 7) is 1.57. The molecule has 0 aliphatic carbocycles. The zero-order valence-corrected chi connectivity index (χ0v) is 20.8. The number of halogens is 2. The molecule has 0 aromatic heterocycles. The van der Waals surface area contributed by atoms with Gasteiger partial charge in [0.2, 0.25) is 5.91 Å². The van der Waals surface area contributed by atoms with E-state index in [1.54, 1.807) is 54.6 Å². The molecule has 0 radical (unpaired) electrons. The third-order valence-electron chi connectivity index (χ3n) is 5.17. The highest BCUT2D eigenvalue weighted by atomic mass is 127. The van der Waals surface area contributed by atoms with Crippen LogP contribution in [0.2, 0.25) is 0 Å². The van der Waals surface area contributed by atoms with Gasteiger partial charge in [0.25, 0.3) is 5.91 Å². The number of benzene rings is 3. The first-order valence-electron chi connectivity index (χ1n) is 10.7. The molecule has 3 aromatic carbocycles. The molecule has 35 heavy (non-hydrogen) atoms. The Balaban J connectivity index is 1.40. The highest BCUT2D eigenvalue weighted by molar-refractivity contribution is 14.1. The van der Waals surface area contributed by atoms with E-state index in [2.05, 4.69) is 33.2 Å². The second kappa shape index (κ2) is 10.7. The van der Waals surface area contributed by atoms with Crippen molar-refractivity contribution in [2.75, 3.05) is 11.9 Å². The number of nitrogens with zero attached hydrogens (tertiary/aromatic N) is 1. The second-order valence-corrected chi connectivity index (χ2v) is 9.03. The van der Waals surface area contributed by atoms with Crippen LogP contribution >= 0.6 is 22.6 Å². The summed E-state index contributed by atoms with van der Waals surface area (Å²) in [4.78, 5) is 38.3. The van der Waals surface area contributed by atoms with Crippen LogP contribution in [0.1, 0.15) is 16.7 Å². The summed E-state index contributed by atoms with van der Waals surface area (Å²) in [5.74, 6) is -0.848. The van der Waals surface area contributed by atoms with Crippen molar-refractivity contribution < 1.29 is 23.5 Å². The minimum atomic E-state index is -0.666. The van der Waals surface area contributed by atoms with Gasteiger partial charge in [0.15, 0.2) is 0 Å². The number of anilines is 1. The number of rotatable bonds is 7. The predicted octanol–water partition coefficient (Wildman–Crippen LogP) is 4.85. The fourth-order valence-corrected chi connectivity index (χ4v) is 4.14. The monoisotopic (exact) mass is 585 g/mol. The van der Waals surface area contributed by atoms with Gasteiger partial charge < -0.3 is 15.4 Å². The molecular formula is C26H21FIN3O4. The van der Waals surface area contributed by atoms with E-state index >= 15 is 0 Å². The topological polar surface area (TPSA) is 87.7 Å². The van der Waals surface area contributed by atoms with Crippen LogP contribution in [0.3, 0.4) is 0 Å². The van der Waals surface area contributed by atoms with Crippen molar-refractivity contribution in [1.29, 1.82) is 0 Å². The normalized spacial score (nSPS) is 14.3. The van der Waals surface area contributed by atoms with Gasteiger partial charge in [-0.05, 0) is 77.0 Å². The van der Waals surface area contributed by atoms with E-state index in [0.29, 0.717) is 22.6 Å². The molecule has 0 saturated carbocycles. The van der Waals surface area contributed by atoms with Gasteiger partial charge in [-0.1, -0.05) is 36.4 Å². The summed E-state index contributed by atoms with van der Waals surface area (Å²) in [5, 5.41) is 5.20. The Kier molecular flexibility index (Phi) is 7.45. The van der Waals surface area contributed by atoms with E-state index in [1.165, 1.54) is 12.1 Å². The molecule has 1 aliphatic rings. The molecule has 2 N–H and O–H groups in total. The molecule has 1 aliphatic heterocycles. The molecule has 9 heteroatoms. The quantitative estimate of drug-likeness (QED) is 0.236. The minimum Gasteiger partial charge on any atom is -0.488 e. The summed E-state index contributed by atoms with van der Waals surface area (Å²) < 4.78 is 20.3. The third kappa shape index (κ3) is 6.04. The Morgan fingerprint density at radius 1 is 1.11 bits per heavy atom. The van der Waals surface area contributed by atoms with Gasteiger partial charge in [0.1, 0.15) is 30.4 Å². The Morgan fingerprint density at radius 2 is 1.91 bits per heavy atom. The lowest BCUT2D eigenvalue weighted by Gasteiger charge is -2.12. The van der Waals surface area contributed by atoms with Crippen LogP contribution in [0.4, 0.5) is 14.9 Å². The molecule has 0 spiro atoms. The standard InChI is InChI=1S/C26H21FIN3O4/c1-16-5-4-7-19(11-16)29-24(32)14-31-25(33)22(30-26(31)34)13-17-9-10-23(21(28)12-17)35-15-18-6-2-3-8-20(18)27/h2-13H,14-15H2,1H3,(H,29,32)(H,30,34)/b22-13+. The first kappa shape index (κ1) is 24.4. The SMILES string of the molecule is Cc1cccc(NC(=O)CN2C(=O)N/C(=C/c3ccc(OCc4ccccc4F)c(I)c3)C2=O)c1. The molecule has 0 bridgehead atoms. The summed E-state index contributed by atoms with van der Waals surface area (Å²) in [6, 6.07) is 18.1. The summed E-state index contributed by atoms with van der Waals surface area (Å²) in [6.07, 6.45) is 1.53. The van der Waals surface area contributed by atoms with Crippen LogP contribution in [0.5, 0.6) is 5.75 Å². The van der Waals surface area contributed by atoms with E-state index < -0.39 is 24.4 Å². The number of amides is 4. The van der Waals surface area contributed by atoms with Crippen LogP contribution in [0.25, 0.3) is 6.08 Å². The lowest BCUT2D eigenvalue weighted by Crippen LogP contribution is -2.38. The highest BCUT2D eigenvalue weighted by Gasteiger charge is 2.34. The smallest absolute Gasteiger partial charge is 0.329 e. The summed E-state index contributed by atoms with van der Waals surface area (Å²) in [7, 11) is 0. The number of ether oxygens (including phenoxy) is 1. The van der Waals surface area contributed by atoms with Crippen molar-refractivity contribution in [3.05, 3.63) is 98.5 Å². The predicted molar refractivity (Wildman–Crippen MR) is 138 cm³/mol. The Labute approximate surface area is 215 Å². The minimum absolute atomic E-state index is 0.0641. The molecule has 178 valence electrons. The zero-order valence-electron chi connectivity index (χ0n) is 18.7. The van der Waals surface area contributed by atoms with Crippen molar-refractivity contribution in [2.24, 2.45) is 0 Å². The number of hydrogen-bond donors (Lipinski definition) is 2. The zero-order chi connectivity index (χ0) is 24.9. The van der Waals surface area contributed by atoms with Crippen LogP contribution in [-0.2, 0) is 16.2 Å². The number of nitrogens with one attached hydrogen (secondary N) is 2. The Bertz CT molecular complexity index is 1340. The second-order valence-electron chi connectivity index (χ2n) is 7.87. The molecule has 4 amide bonds. The fourth-order valence-electron chi connectivity index (χ4n) is 3.44. The lowest BCUT2D eigenvalue weighted by atomic mass is 10.2. The van der Waals surface area contributed by atoms with Gasteiger partial charge in [0, 0.05) is 11.3 Å². The van der Waals surface area contributed by atoms with Crippen molar-refractivity contribution in [1.82, 2.24) is 10.2 Å². The number of urea groups is 1. The Morgan fingerprint density at radius 3 is 2.66 bits per heavy atom. The van der Waals surface area contributed by atoms with Gasteiger partial charge in [-0.25, -0.2) is 14.1 Å². The van der Waals surface area contributed by atoms with Gasteiger partial charge >= 0.3 is 6.03 Å². The molecule has 3 aromatic rings. The molecule has 1 fully saturated rings. The maximum Gasteiger partial charge on any atom is 0.329 e. The van der Waals surface area contributed by atoms with Crippen LogP contribution in [0, 0.1) is 16.3 Å². The van der Waals surface area contributed by atoms with Gasteiger partial charge in [-0.3, -0.25) is 9.59 Å². The average Bonchev–Trinajstić information content (AvgIpc) is 3.07. The van der Waals surface area contributed by atoms with Crippen molar-refractivity contribution >= 4 is 52.2 Å². The van der Waals surface area contributed by atoms with E-state index in [4.69, 9.17) is 4.74 Å². The maximum absolute atomic E-state index is 13.8. The van der Waals surface area contributed by atoms with Crippen LogP contribution in [-0.4, -0.2) is 29.3 Å².